The molecule has 0 fully saturated rings. The average molecular weight is 170 g/mol. The molecule has 0 aliphatic heterocycles. The van der Waals surface area contributed by atoms with E-state index in [0.29, 0.717) is 17.1 Å². The number of aliphatic hydroxyl groups excluding tert-OH is 1. The van der Waals surface area contributed by atoms with E-state index in [9.17, 15) is 0 Å². The molecule has 0 heterocycles. The maximum atomic E-state index is 7.00. The summed E-state index contributed by atoms with van der Waals surface area (Å²) in [5.41, 5.74) is 12.1. The molecule has 4 heteroatoms. The largest absolute Gasteiger partial charge is 0.495 e. The summed E-state index contributed by atoms with van der Waals surface area (Å²) in [6, 6.07) is 5.30. The molecule has 0 saturated carbocycles. The Morgan fingerprint density at radius 2 is 1.83 bits per heavy atom. The fraction of sp³-hybridized carbons (Fsp3) is 0.250. The molecule has 0 radical (unpaired) electrons. The Kier molecular flexibility index (Phi) is 4.64. The highest BCUT2D eigenvalue weighted by molar-refractivity contribution is 5.70. The Hall–Kier alpha value is -1.42. The van der Waals surface area contributed by atoms with Gasteiger partial charge in [-0.15, -0.1) is 0 Å². The zero-order valence-electron chi connectivity index (χ0n) is 7.24. The summed E-state index contributed by atoms with van der Waals surface area (Å²) in [6.45, 7) is 0. The molecule has 1 aromatic carbocycles. The molecule has 0 atom stereocenters. The molecule has 0 saturated heterocycles. The molecule has 5 N–H and O–H groups in total. The Morgan fingerprint density at radius 3 is 2.25 bits per heavy atom. The van der Waals surface area contributed by atoms with Crippen LogP contribution in [0.4, 0.5) is 11.4 Å². The summed E-state index contributed by atoms with van der Waals surface area (Å²) >= 11 is 0. The molecule has 12 heavy (non-hydrogen) atoms. The van der Waals surface area contributed by atoms with Crippen LogP contribution in [0.25, 0.3) is 0 Å². The first-order valence-corrected chi connectivity index (χ1v) is 3.38. The van der Waals surface area contributed by atoms with Gasteiger partial charge in [0.2, 0.25) is 0 Å². The summed E-state index contributed by atoms with van der Waals surface area (Å²) in [5.74, 6) is 0.625. The highest BCUT2D eigenvalue weighted by atomic mass is 16.5. The monoisotopic (exact) mass is 170 g/mol. The second-order valence-corrected chi connectivity index (χ2v) is 1.96. The van der Waals surface area contributed by atoms with E-state index >= 15 is 0 Å². The summed E-state index contributed by atoms with van der Waals surface area (Å²) < 4.78 is 4.92. The molecule has 0 aromatic heterocycles. The van der Waals surface area contributed by atoms with Crippen molar-refractivity contribution in [3.8, 4) is 5.75 Å². The summed E-state index contributed by atoms with van der Waals surface area (Å²) in [6.07, 6.45) is 0. The molecule has 1 rings (SSSR count). The molecule has 4 nitrogen and oxygen atoms in total. The van der Waals surface area contributed by atoms with Gasteiger partial charge in [-0.2, -0.15) is 0 Å². The Balaban J connectivity index is 0.000000561. The lowest BCUT2D eigenvalue weighted by Gasteiger charge is -2.04. The van der Waals surface area contributed by atoms with Crippen molar-refractivity contribution in [2.45, 2.75) is 0 Å². The van der Waals surface area contributed by atoms with Gasteiger partial charge in [-0.25, -0.2) is 0 Å². The van der Waals surface area contributed by atoms with Gasteiger partial charge in [0.15, 0.2) is 0 Å². The fourth-order valence-corrected chi connectivity index (χ4v) is 0.739. The summed E-state index contributed by atoms with van der Waals surface area (Å²) in [5, 5.41) is 7.00. The quantitative estimate of drug-likeness (QED) is 0.535. The average Bonchev–Trinajstić information content (AvgIpc) is 2.13. The van der Waals surface area contributed by atoms with Gasteiger partial charge in [0, 0.05) is 7.11 Å². The third kappa shape index (κ3) is 2.32. The van der Waals surface area contributed by atoms with Crippen LogP contribution in [0, 0.1) is 0 Å². The van der Waals surface area contributed by atoms with Crippen molar-refractivity contribution < 1.29 is 9.84 Å². The van der Waals surface area contributed by atoms with Gasteiger partial charge in [-0.05, 0) is 12.1 Å². The number of hydrogen-bond donors (Lipinski definition) is 3. The predicted molar refractivity (Wildman–Crippen MR) is 50.0 cm³/mol. The number of ether oxygens (including phenoxy) is 1. The highest BCUT2D eigenvalue weighted by Gasteiger charge is 1.99. The van der Waals surface area contributed by atoms with E-state index in [-0.39, 0.29) is 0 Å². The van der Waals surface area contributed by atoms with Crippen LogP contribution < -0.4 is 16.2 Å². The third-order valence-corrected chi connectivity index (χ3v) is 1.32. The molecule has 0 unspecified atom stereocenters. The van der Waals surface area contributed by atoms with Crippen LogP contribution in [0.1, 0.15) is 0 Å². The number of rotatable bonds is 1. The Morgan fingerprint density at radius 1 is 1.25 bits per heavy atom. The molecule has 0 amide bonds. The van der Waals surface area contributed by atoms with Crippen LogP contribution in [0.3, 0.4) is 0 Å². The van der Waals surface area contributed by atoms with Crippen molar-refractivity contribution >= 4 is 11.4 Å². The predicted octanol–water partition coefficient (Wildman–Crippen LogP) is 0.468. The van der Waals surface area contributed by atoms with Crippen molar-refractivity contribution in [3.05, 3.63) is 18.2 Å². The van der Waals surface area contributed by atoms with Crippen molar-refractivity contribution in [1.82, 2.24) is 0 Å². The lowest BCUT2D eigenvalue weighted by molar-refractivity contribution is 0.399. The van der Waals surface area contributed by atoms with Gasteiger partial charge in [-0.3, -0.25) is 0 Å². The number of benzene rings is 1. The Bertz CT molecular complexity index is 238. The molecule has 1 aromatic rings. The van der Waals surface area contributed by atoms with E-state index in [1.165, 1.54) is 0 Å². The van der Waals surface area contributed by atoms with E-state index in [2.05, 4.69) is 0 Å². The summed E-state index contributed by atoms with van der Waals surface area (Å²) in [7, 11) is 2.56. The number of methoxy groups -OCH3 is 1. The zero-order valence-corrected chi connectivity index (χ0v) is 7.24. The van der Waals surface area contributed by atoms with Crippen LogP contribution >= 0.6 is 0 Å². The minimum Gasteiger partial charge on any atom is -0.495 e. The second-order valence-electron chi connectivity index (χ2n) is 1.96. The minimum atomic E-state index is 0.505. The molecule has 68 valence electrons. The lowest BCUT2D eigenvalue weighted by atomic mass is 10.2. The van der Waals surface area contributed by atoms with Gasteiger partial charge in [-0.1, -0.05) is 6.07 Å². The zero-order chi connectivity index (χ0) is 9.56. The van der Waals surface area contributed by atoms with Gasteiger partial charge >= 0.3 is 0 Å². The van der Waals surface area contributed by atoms with Gasteiger partial charge in [0.25, 0.3) is 0 Å². The lowest BCUT2D eigenvalue weighted by Crippen LogP contribution is -1.97. The van der Waals surface area contributed by atoms with Crippen LogP contribution in [0.5, 0.6) is 5.75 Å². The van der Waals surface area contributed by atoms with E-state index in [1.54, 1.807) is 25.3 Å². The van der Waals surface area contributed by atoms with Crippen LogP contribution in [-0.4, -0.2) is 19.3 Å². The number of anilines is 2. The van der Waals surface area contributed by atoms with Gasteiger partial charge < -0.3 is 21.3 Å². The van der Waals surface area contributed by atoms with E-state index in [1.807, 2.05) is 0 Å². The number of hydrogen-bond acceptors (Lipinski definition) is 4. The molecule has 0 spiro atoms. The number of para-hydroxylation sites is 1. The van der Waals surface area contributed by atoms with Crippen molar-refractivity contribution in [2.75, 3.05) is 25.7 Å². The third-order valence-electron chi connectivity index (χ3n) is 1.32. The minimum absolute atomic E-state index is 0.505. The van der Waals surface area contributed by atoms with E-state index in [4.69, 9.17) is 21.3 Å². The SMILES string of the molecule is CO.COc1cccc(N)c1N. The molecule has 0 bridgehead atoms. The first kappa shape index (κ1) is 10.6. The van der Waals surface area contributed by atoms with Crippen LogP contribution in [0.15, 0.2) is 18.2 Å². The fourth-order valence-electron chi connectivity index (χ4n) is 0.739. The smallest absolute Gasteiger partial charge is 0.143 e. The second kappa shape index (κ2) is 5.26. The van der Waals surface area contributed by atoms with Gasteiger partial charge in [0.1, 0.15) is 5.75 Å². The number of aliphatic hydroxyl groups is 1. The number of nitrogen functional groups attached to an aromatic ring is 2. The van der Waals surface area contributed by atoms with Crippen LogP contribution in [-0.2, 0) is 0 Å². The Labute approximate surface area is 71.8 Å². The topological polar surface area (TPSA) is 81.5 Å². The maximum absolute atomic E-state index is 7.00. The van der Waals surface area contributed by atoms with E-state index < -0.39 is 0 Å². The normalized spacial score (nSPS) is 8.25. The van der Waals surface area contributed by atoms with Crippen LogP contribution in [0.2, 0.25) is 0 Å². The molecule has 0 aliphatic rings. The first-order valence-electron chi connectivity index (χ1n) is 3.38. The molecular weight excluding hydrogens is 156 g/mol. The van der Waals surface area contributed by atoms with Gasteiger partial charge in [0.05, 0.1) is 18.5 Å². The van der Waals surface area contributed by atoms with Crippen molar-refractivity contribution in [3.63, 3.8) is 0 Å². The summed E-state index contributed by atoms with van der Waals surface area (Å²) in [4.78, 5) is 0. The van der Waals surface area contributed by atoms with Crippen molar-refractivity contribution in [1.29, 1.82) is 0 Å². The standard InChI is InChI=1S/C7H10N2O.CH4O/c1-10-6-4-2-3-5(8)7(6)9;1-2/h2-4H,8-9H2,1H3;2H,1H3. The number of nitrogens with two attached hydrogens (primary N) is 2. The highest BCUT2D eigenvalue weighted by Crippen LogP contribution is 2.25. The van der Waals surface area contributed by atoms with Crippen molar-refractivity contribution in [2.24, 2.45) is 0 Å². The first-order chi connectivity index (χ1) is 5.75. The van der Waals surface area contributed by atoms with E-state index in [0.717, 1.165) is 7.11 Å². The maximum Gasteiger partial charge on any atom is 0.143 e. The molecule has 0 aliphatic carbocycles. The molecular formula is C8H14N2O2.